The van der Waals surface area contributed by atoms with Crippen LogP contribution in [0.15, 0.2) is 0 Å². The summed E-state index contributed by atoms with van der Waals surface area (Å²) in [5.41, 5.74) is 6.47. The number of anilines is 1. The second-order valence-corrected chi connectivity index (χ2v) is 5.37. The lowest BCUT2D eigenvalue weighted by Gasteiger charge is -2.38. The van der Waals surface area contributed by atoms with Crippen LogP contribution >= 0.6 is 0 Å². The molecule has 1 aromatic rings. The number of piperidine rings is 1. The number of hydrogen-bond donors (Lipinski definition) is 2. The first-order valence-corrected chi connectivity index (χ1v) is 6.65. The molecule has 0 saturated carbocycles. The molecule has 110 valence electrons. The predicted octanol–water partition coefficient (Wildman–Crippen LogP) is 0.517. The van der Waals surface area contributed by atoms with E-state index >= 15 is 0 Å². The van der Waals surface area contributed by atoms with Crippen LogP contribution in [0.3, 0.4) is 0 Å². The number of hydrogen-bond acceptors (Lipinski definition) is 4. The van der Waals surface area contributed by atoms with E-state index in [9.17, 15) is 9.59 Å². The van der Waals surface area contributed by atoms with Gasteiger partial charge in [-0.05, 0) is 26.7 Å². The van der Waals surface area contributed by atoms with E-state index in [2.05, 4.69) is 5.10 Å². The van der Waals surface area contributed by atoms with Gasteiger partial charge in [0.1, 0.15) is 11.4 Å². The van der Waals surface area contributed by atoms with Crippen LogP contribution in [0, 0.1) is 12.8 Å². The van der Waals surface area contributed by atoms with Gasteiger partial charge in [-0.3, -0.25) is 14.3 Å². The second kappa shape index (κ2) is 5.15. The molecule has 3 N–H and O–H groups in total. The van der Waals surface area contributed by atoms with Gasteiger partial charge in [0.15, 0.2) is 0 Å². The normalized spacial score (nSPS) is 22.9. The van der Waals surface area contributed by atoms with Gasteiger partial charge in [-0.25, -0.2) is 0 Å². The topological polar surface area (TPSA) is 101 Å². The van der Waals surface area contributed by atoms with Crippen LogP contribution in [-0.2, 0) is 11.8 Å². The Labute approximate surface area is 117 Å². The van der Waals surface area contributed by atoms with Gasteiger partial charge in [0.05, 0.1) is 11.6 Å². The Morgan fingerprint density at radius 1 is 1.45 bits per heavy atom. The van der Waals surface area contributed by atoms with Crippen molar-refractivity contribution >= 4 is 17.7 Å². The smallest absolute Gasteiger partial charge is 0.306 e. The third-order valence-electron chi connectivity index (χ3n) is 3.94. The van der Waals surface area contributed by atoms with Crippen molar-refractivity contribution in [3.63, 3.8) is 0 Å². The number of carboxylic acids is 1. The number of primary amides is 1. The molecule has 1 fully saturated rings. The highest BCUT2D eigenvalue weighted by molar-refractivity contribution is 5.99. The van der Waals surface area contributed by atoms with Crippen molar-refractivity contribution in [1.82, 2.24) is 9.78 Å². The second-order valence-electron chi connectivity index (χ2n) is 5.37. The molecule has 2 rings (SSSR count). The molecular formula is C13H20N4O3. The van der Waals surface area contributed by atoms with Crippen molar-refractivity contribution in [2.75, 3.05) is 11.4 Å². The maximum absolute atomic E-state index is 11.6. The van der Waals surface area contributed by atoms with Gasteiger partial charge < -0.3 is 15.7 Å². The van der Waals surface area contributed by atoms with Crippen molar-refractivity contribution in [3.05, 3.63) is 11.3 Å². The summed E-state index contributed by atoms with van der Waals surface area (Å²) in [4.78, 5) is 24.7. The van der Waals surface area contributed by atoms with Crippen molar-refractivity contribution < 1.29 is 14.7 Å². The molecule has 1 saturated heterocycles. The zero-order valence-electron chi connectivity index (χ0n) is 12.0. The predicted molar refractivity (Wildman–Crippen MR) is 73.6 cm³/mol. The van der Waals surface area contributed by atoms with Crippen molar-refractivity contribution in [2.45, 2.75) is 32.7 Å². The van der Waals surface area contributed by atoms with Crippen molar-refractivity contribution in [1.29, 1.82) is 0 Å². The molecule has 0 aliphatic carbocycles. The third kappa shape index (κ3) is 2.35. The van der Waals surface area contributed by atoms with Crippen LogP contribution in [-0.4, -0.2) is 39.4 Å². The Kier molecular flexibility index (Phi) is 3.69. The summed E-state index contributed by atoms with van der Waals surface area (Å²) in [6.45, 7) is 4.29. The Hall–Kier alpha value is -2.05. The zero-order chi connectivity index (χ0) is 15.0. The fourth-order valence-electron chi connectivity index (χ4n) is 2.98. The maximum atomic E-state index is 11.6. The number of carboxylic acid groups (broad SMARTS) is 1. The van der Waals surface area contributed by atoms with Crippen LogP contribution in [0.4, 0.5) is 5.82 Å². The molecule has 2 atom stereocenters. The Morgan fingerprint density at radius 3 is 2.60 bits per heavy atom. The van der Waals surface area contributed by atoms with E-state index < -0.39 is 11.9 Å². The van der Waals surface area contributed by atoms with E-state index in [4.69, 9.17) is 10.8 Å². The van der Waals surface area contributed by atoms with Gasteiger partial charge in [0.25, 0.3) is 5.91 Å². The highest BCUT2D eigenvalue weighted by atomic mass is 16.4. The summed E-state index contributed by atoms with van der Waals surface area (Å²) in [6, 6.07) is 0.0257. The van der Waals surface area contributed by atoms with Crippen LogP contribution in [0.2, 0.25) is 0 Å². The van der Waals surface area contributed by atoms with Crippen molar-refractivity contribution in [3.8, 4) is 0 Å². The first-order valence-electron chi connectivity index (χ1n) is 6.65. The van der Waals surface area contributed by atoms with E-state index in [-0.39, 0.29) is 12.0 Å². The lowest BCUT2D eigenvalue weighted by atomic mass is 9.91. The minimum atomic E-state index is -0.757. The number of aliphatic carboxylic acids is 1. The molecule has 20 heavy (non-hydrogen) atoms. The summed E-state index contributed by atoms with van der Waals surface area (Å²) >= 11 is 0. The molecule has 7 nitrogen and oxygen atoms in total. The number of carbonyl (C=O) groups is 2. The number of aryl methyl sites for hydroxylation is 2. The molecule has 0 aromatic carbocycles. The van der Waals surface area contributed by atoms with E-state index in [0.717, 1.165) is 0 Å². The van der Waals surface area contributed by atoms with Gasteiger partial charge >= 0.3 is 5.97 Å². The molecule has 7 heteroatoms. The fourth-order valence-corrected chi connectivity index (χ4v) is 2.98. The van der Waals surface area contributed by atoms with Gasteiger partial charge in [0, 0.05) is 19.6 Å². The average molecular weight is 280 g/mol. The molecule has 2 unspecified atom stereocenters. The van der Waals surface area contributed by atoms with Crippen LogP contribution < -0.4 is 10.6 Å². The van der Waals surface area contributed by atoms with Crippen molar-refractivity contribution in [2.24, 2.45) is 18.7 Å². The minimum absolute atomic E-state index is 0.0257. The number of carbonyl (C=O) groups excluding carboxylic acids is 1. The lowest BCUT2D eigenvalue weighted by Crippen LogP contribution is -2.44. The number of amides is 1. The highest BCUT2D eigenvalue weighted by Crippen LogP contribution is 2.31. The van der Waals surface area contributed by atoms with Crippen LogP contribution in [0.1, 0.15) is 35.8 Å². The Balaban J connectivity index is 2.34. The first kappa shape index (κ1) is 14.4. The maximum Gasteiger partial charge on any atom is 0.306 e. The molecular weight excluding hydrogens is 260 g/mol. The van der Waals surface area contributed by atoms with Crippen LogP contribution in [0.25, 0.3) is 0 Å². The molecule has 0 radical (unpaired) electrons. The quantitative estimate of drug-likeness (QED) is 0.840. The molecule has 1 aliphatic rings. The molecule has 2 heterocycles. The lowest BCUT2D eigenvalue weighted by molar-refractivity contribution is -0.142. The summed E-state index contributed by atoms with van der Waals surface area (Å²) in [6.07, 6.45) is 1.11. The monoisotopic (exact) mass is 280 g/mol. The van der Waals surface area contributed by atoms with Crippen LogP contribution in [0.5, 0.6) is 0 Å². The van der Waals surface area contributed by atoms with Gasteiger partial charge in [-0.1, -0.05) is 0 Å². The Morgan fingerprint density at radius 2 is 2.10 bits per heavy atom. The van der Waals surface area contributed by atoms with E-state index in [1.54, 1.807) is 18.7 Å². The highest BCUT2D eigenvalue weighted by Gasteiger charge is 2.33. The number of nitrogens with zero attached hydrogens (tertiary/aromatic N) is 3. The van der Waals surface area contributed by atoms with E-state index in [1.165, 1.54) is 0 Å². The van der Waals surface area contributed by atoms with Gasteiger partial charge in [0.2, 0.25) is 0 Å². The molecule has 1 aromatic heterocycles. The molecule has 0 spiro atoms. The average Bonchev–Trinajstić information content (AvgIpc) is 2.64. The SMILES string of the molecule is Cc1nn(C)c(N2CCC(C(=O)O)CC2C)c1C(N)=O. The standard InChI is InChI=1S/C13H20N4O3/c1-7-6-9(13(19)20)4-5-17(7)12-10(11(14)18)8(2)15-16(12)3/h7,9H,4-6H2,1-3H3,(H2,14,18)(H,19,20). The summed E-state index contributed by atoms with van der Waals surface area (Å²) in [5.74, 6) is -0.898. The number of rotatable bonds is 3. The van der Waals surface area contributed by atoms with Gasteiger partial charge in [-0.2, -0.15) is 5.10 Å². The number of aromatic nitrogens is 2. The molecule has 0 bridgehead atoms. The first-order chi connectivity index (χ1) is 9.32. The summed E-state index contributed by atoms with van der Waals surface area (Å²) in [7, 11) is 1.77. The minimum Gasteiger partial charge on any atom is -0.481 e. The summed E-state index contributed by atoms with van der Waals surface area (Å²) < 4.78 is 1.65. The Bertz CT molecular complexity index is 552. The third-order valence-corrected chi connectivity index (χ3v) is 3.94. The van der Waals surface area contributed by atoms with Gasteiger partial charge in [-0.15, -0.1) is 0 Å². The molecule has 1 aliphatic heterocycles. The molecule has 1 amide bonds. The number of nitrogens with two attached hydrogens (primary N) is 1. The largest absolute Gasteiger partial charge is 0.481 e. The zero-order valence-corrected chi connectivity index (χ0v) is 12.0. The summed E-state index contributed by atoms with van der Waals surface area (Å²) in [5, 5.41) is 13.4. The fraction of sp³-hybridized carbons (Fsp3) is 0.615. The van der Waals surface area contributed by atoms with E-state index in [1.807, 2.05) is 11.8 Å². The van der Waals surface area contributed by atoms with E-state index in [0.29, 0.717) is 36.5 Å².